The zero-order valence-corrected chi connectivity index (χ0v) is 27.5. The molecule has 3 heteroatoms. The van der Waals surface area contributed by atoms with Crippen LogP contribution < -0.4 is 10.2 Å². The van der Waals surface area contributed by atoms with Crippen molar-refractivity contribution in [3.8, 4) is 22.3 Å². The first-order valence-corrected chi connectivity index (χ1v) is 16.9. The fourth-order valence-corrected chi connectivity index (χ4v) is 6.74. The van der Waals surface area contributed by atoms with E-state index in [1.54, 1.807) is 0 Å². The molecule has 0 atom stereocenters. The fourth-order valence-electron chi connectivity index (χ4n) is 6.74. The monoisotopic (exact) mass is 641 g/mol. The summed E-state index contributed by atoms with van der Waals surface area (Å²) in [4.78, 5) is 2.36. The molecule has 0 fully saturated rings. The van der Waals surface area contributed by atoms with Crippen molar-refractivity contribution in [1.29, 1.82) is 5.41 Å². The summed E-state index contributed by atoms with van der Waals surface area (Å²) in [5.74, 6) is 0. The summed E-state index contributed by atoms with van der Waals surface area (Å²) in [6.07, 6.45) is 1.46. The van der Waals surface area contributed by atoms with Gasteiger partial charge in [-0.15, -0.1) is 0 Å². The van der Waals surface area contributed by atoms with Gasteiger partial charge >= 0.3 is 0 Å². The Hall–Kier alpha value is -6.71. The molecule has 1 aliphatic rings. The number of fused-ring (bicyclic) bond motifs is 1. The van der Waals surface area contributed by atoms with Gasteiger partial charge in [0.25, 0.3) is 0 Å². The van der Waals surface area contributed by atoms with Crippen molar-refractivity contribution in [3.05, 3.63) is 216 Å². The molecule has 0 amide bonds. The van der Waals surface area contributed by atoms with E-state index in [0.717, 1.165) is 67.4 Å². The SMILES string of the molecule is N=C/C(=C1\NC(c2ccccc2)=C(N(c2ccc(-c3ccccc3)cc2)c2ccc(-c3ccccc3)cc2)c2ccccc21)c1ccccc1. The van der Waals surface area contributed by atoms with E-state index >= 15 is 0 Å². The molecule has 50 heavy (non-hydrogen) atoms. The zero-order valence-electron chi connectivity index (χ0n) is 27.5. The Morgan fingerprint density at radius 1 is 0.420 bits per heavy atom. The molecule has 8 rings (SSSR count). The first kappa shape index (κ1) is 30.6. The van der Waals surface area contributed by atoms with E-state index in [-0.39, 0.29) is 0 Å². The van der Waals surface area contributed by atoms with Crippen molar-refractivity contribution in [1.82, 2.24) is 5.32 Å². The molecule has 0 aliphatic carbocycles. The maximum absolute atomic E-state index is 8.58. The van der Waals surface area contributed by atoms with Crippen LogP contribution in [0.15, 0.2) is 194 Å². The smallest absolute Gasteiger partial charge is 0.0782 e. The summed E-state index contributed by atoms with van der Waals surface area (Å²) in [5.41, 5.74) is 14.7. The average Bonchev–Trinajstić information content (AvgIpc) is 3.21. The third kappa shape index (κ3) is 5.93. The molecular weight excluding hydrogens is 607 g/mol. The quantitative estimate of drug-likeness (QED) is 0.162. The van der Waals surface area contributed by atoms with E-state index < -0.39 is 0 Å². The van der Waals surface area contributed by atoms with Crippen LogP contribution >= 0.6 is 0 Å². The average molecular weight is 642 g/mol. The van der Waals surface area contributed by atoms with Gasteiger partial charge in [0.05, 0.1) is 17.1 Å². The Balaban J connectivity index is 1.38. The molecule has 2 N–H and O–H groups in total. The van der Waals surface area contributed by atoms with Crippen molar-refractivity contribution in [3.63, 3.8) is 0 Å². The molecule has 7 aromatic rings. The fraction of sp³-hybridized carbons (Fsp3) is 0. The molecule has 0 spiro atoms. The van der Waals surface area contributed by atoms with Crippen LogP contribution in [-0.4, -0.2) is 6.21 Å². The Kier molecular flexibility index (Phi) is 8.45. The topological polar surface area (TPSA) is 39.1 Å². The second-order valence-corrected chi connectivity index (χ2v) is 12.2. The molecule has 0 radical (unpaired) electrons. The number of nitrogens with one attached hydrogen (secondary N) is 2. The van der Waals surface area contributed by atoms with Gasteiger partial charge in [-0.05, 0) is 52.1 Å². The molecular formula is C47H35N3. The van der Waals surface area contributed by atoms with E-state index in [1.165, 1.54) is 17.3 Å². The van der Waals surface area contributed by atoms with Gasteiger partial charge in [0.1, 0.15) is 0 Å². The van der Waals surface area contributed by atoms with Crippen molar-refractivity contribution in [2.45, 2.75) is 0 Å². The molecule has 7 aromatic carbocycles. The zero-order chi connectivity index (χ0) is 33.7. The largest absolute Gasteiger partial charge is 0.352 e. The molecule has 1 heterocycles. The van der Waals surface area contributed by atoms with Gasteiger partial charge in [-0.2, -0.15) is 0 Å². The predicted octanol–water partition coefficient (Wildman–Crippen LogP) is 11.8. The van der Waals surface area contributed by atoms with Crippen molar-refractivity contribution in [2.24, 2.45) is 0 Å². The second-order valence-electron chi connectivity index (χ2n) is 12.2. The number of allylic oxidation sites excluding steroid dienone is 1. The van der Waals surface area contributed by atoms with E-state index in [4.69, 9.17) is 5.41 Å². The number of hydrogen-bond acceptors (Lipinski definition) is 3. The van der Waals surface area contributed by atoms with E-state index in [0.29, 0.717) is 0 Å². The number of hydrogen-bond donors (Lipinski definition) is 2. The highest BCUT2D eigenvalue weighted by Crippen LogP contribution is 2.45. The third-order valence-corrected chi connectivity index (χ3v) is 9.19. The molecule has 0 aromatic heterocycles. The van der Waals surface area contributed by atoms with Crippen LogP contribution in [0.1, 0.15) is 22.3 Å². The lowest BCUT2D eigenvalue weighted by molar-refractivity contribution is 1.17. The summed E-state index contributed by atoms with van der Waals surface area (Å²) in [5, 5.41) is 12.5. The minimum Gasteiger partial charge on any atom is -0.352 e. The van der Waals surface area contributed by atoms with Gasteiger partial charge < -0.3 is 15.6 Å². The van der Waals surface area contributed by atoms with E-state index in [2.05, 4.69) is 168 Å². The maximum atomic E-state index is 8.58. The highest BCUT2D eigenvalue weighted by atomic mass is 15.2. The van der Waals surface area contributed by atoms with Crippen molar-refractivity contribution >= 4 is 40.3 Å². The minimum absolute atomic E-state index is 0.830. The van der Waals surface area contributed by atoms with Crippen LogP contribution in [0, 0.1) is 5.41 Å². The minimum atomic E-state index is 0.830. The van der Waals surface area contributed by atoms with Crippen molar-refractivity contribution in [2.75, 3.05) is 4.90 Å². The summed E-state index contributed by atoms with van der Waals surface area (Å²) in [7, 11) is 0. The van der Waals surface area contributed by atoms with Gasteiger partial charge in [0.15, 0.2) is 0 Å². The van der Waals surface area contributed by atoms with Crippen LogP contribution in [0.2, 0.25) is 0 Å². The Bertz CT molecular complexity index is 2220. The number of nitrogens with zero attached hydrogens (tertiary/aromatic N) is 1. The number of benzene rings is 7. The molecule has 238 valence electrons. The first-order valence-electron chi connectivity index (χ1n) is 16.9. The summed E-state index contributed by atoms with van der Waals surface area (Å²) in [6.45, 7) is 0. The predicted molar refractivity (Wildman–Crippen MR) is 211 cm³/mol. The normalized spacial score (nSPS) is 13.2. The van der Waals surface area contributed by atoms with Crippen LogP contribution in [0.3, 0.4) is 0 Å². The lowest BCUT2D eigenvalue weighted by Gasteiger charge is -2.36. The second kappa shape index (κ2) is 13.8. The van der Waals surface area contributed by atoms with Gasteiger partial charge in [-0.1, -0.05) is 170 Å². The molecule has 0 saturated carbocycles. The van der Waals surface area contributed by atoms with Gasteiger partial charge in [-0.25, -0.2) is 0 Å². The Morgan fingerprint density at radius 3 is 1.30 bits per heavy atom. The van der Waals surface area contributed by atoms with Crippen molar-refractivity contribution < 1.29 is 0 Å². The lowest BCUT2D eigenvalue weighted by Crippen LogP contribution is -2.28. The molecule has 3 nitrogen and oxygen atoms in total. The highest BCUT2D eigenvalue weighted by Gasteiger charge is 2.30. The third-order valence-electron chi connectivity index (χ3n) is 9.19. The Morgan fingerprint density at radius 2 is 0.820 bits per heavy atom. The lowest BCUT2D eigenvalue weighted by atomic mass is 9.89. The van der Waals surface area contributed by atoms with Crippen LogP contribution in [-0.2, 0) is 0 Å². The van der Waals surface area contributed by atoms with Crippen LogP contribution in [0.25, 0.3) is 44.9 Å². The number of rotatable bonds is 8. The summed E-state index contributed by atoms with van der Waals surface area (Å²) >= 11 is 0. The highest BCUT2D eigenvalue weighted by molar-refractivity contribution is 6.21. The molecule has 0 unspecified atom stereocenters. The van der Waals surface area contributed by atoms with Gasteiger partial charge in [0, 0.05) is 39.9 Å². The first-order chi connectivity index (χ1) is 24.8. The Labute approximate surface area is 293 Å². The number of anilines is 2. The maximum Gasteiger partial charge on any atom is 0.0782 e. The standard InChI is InChI=1S/C47H35N3/c48-33-44(38-19-9-3-10-20-38)46-42-23-13-14-24-43(42)47(45(49-46)39-21-11-4-12-22-39)50(40-29-25-36(26-30-40)34-15-5-1-6-16-34)41-31-27-37(28-32-41)35-17-7-2-8-18-35/h1-33,48-49H/b46-44+,48-33?. The van der Waals surface area contributed by atoms with Crippen LogP contribution in [0.5, 0.6) is 0 Å². The summed E-state index contributed by atoms with van der Waals surface area (Å²) < 4.78 is 0. The van der Waals surface area contributed by atoms with Crippen LogP contribution in [0.4, 0.5) is 11.4 Å². The molecule has 0 bridgehead atoms. The molecule has 1 aliphatic heterocycles. The van der Waals surface area contributed by atoms with E-state index in [9.17, 15) is 0 Å². The van der Waals surface area contributed by atoms with Gasteiger partial charge in [-0.3, -0.25) is 0 Å². The van der Waals surface area contributed by atoms with E-state index in [1.807, 2.05) is 36.4 Å². The molecule has 0 saturated heterocycles. The summed E-state index contributed by atoms with van der Waals surface area (Å²) in [6, 6.07) is 67.9. The van der Waals surface area contributed by atoms with Gasteiger partial charge in [0.2, 0.25) is 0 Å².